The first-order valence-electron chi connectivity index (χ1n) is 27.5. The predicted octanol–water partition coefficient (Wildman–Crippen LogP) is 22.1. The lowest BCUT2D eigenvalue weighted by molar-refractivity contribution is -0.138. The van der Waals surface area contributed by atoms with E-state index >= 15 is 0 Å². The predicted molar refractivity (Wildman–Crippen MR) is 326 cm³/mol. The number of nitrogens with zero attached hydrogens (tertiary/aromatic N) is 3. The lowest BCUT2D eigenvalue weighted by Crippen LogP contribution is -2.16. The SMILES string of the molecule is CC1(C)c2ccccc2-c2c(N(c3ccc(C(F)(F)F)cc3)c3ccc4c(c3)oc3c5cc(-c6ccccc6)cc6c7sc8cc(N(c9ccc(C(F)(F)F)cc9)c9cccc%10c9-c9ccccc9C%10(C)C)ccc8c7n(c56)c43)cccc21. The van der Waals surface area contributed by atoms with Crippen molar-refractivity contribution in [2.24, 2.45) is 0 Å². The molecule has 14 aromatic rings. The van der Waals surface area contributed by atoms with Gasteiger partial charge in [-0.3, -0.25) is 0 Å². The van der Waals surface area contributed by atoms with E-state index in [1.54, 1.807) is 23.5 Å². The zero-order valence-electron chi connectivity index (χ0n) is 45.1. The summed E-state index contributed by atoms with van der Waals surface area (Å²) >= 11 is 1.69. The molecular formula is C72H47F6N3OS. The van der Waals surface area contributed by atoms with Crippen LogP contribution in [0.5, 0.6) is 0 Å². The summed E-state index contributed by atoms with van der Waals surface area (Å²) in [5.41, 5.74) is 17.4. The van der Waals surface area contributed by atoms with E-state index < -0.39 is 23.5 Å². The van der Waals surface area contributed by atoms with E-state index in [2.05, 4.69) is 134 Å². The van der Waals surface area contributed by atoms with Crippen LogP contribution in [0.4, 0.5) is 60.5 Å². The normalized spacial score (nSPS) is 14.3. The zero-order chi connectivity index (χ0) is 56.6. The van der Waals surface area contributed by atoms with Gasteiger partial charge in [-0.2, -0.15) is 26.3 Å². The maximum Gasteiger partial charge on any atom is 0.416 e. The molecule has 0 spiro atoms. The van der Waals surface area contributed by atoms with Crippen LogP contribution in [0.3, 0.4) is 0 Å². The maximum atomic E-state index is 14.2. The Morgan fingerprint density at radius 3 is 1.45 bits per heavy atom. The molecule has 83 heavy (non-hydrogen) atoms. The van der Waals surface area contributed by atoms with Crippen molar-refractivity contribution in [2.45, 2.75) is 50.9 Å². The van der Waals surface area contributed by atoms with Gasteiger partial charge >= 0.3 is 12.4 Å². The highest BCUT2D eigenvalue weighted by atomic mass is 32.1. The molecule has 2 aliphatic carbocycles. The van der Waals surface area contributed by atoms with Crippen LogP contribution >= 0.6 is 11.3 Å². The van der Waals surface area contributed by atoms with Gasteiger partial charge in [0.1, 0.15) is 11.1 Å². The highest BCUT2D eigenvalue weighted by Crippen LogP contribution is 2.58. The minimum atomic E-state index is -4.51. The number of alkyl halides is 6. The second-order valence-electron chi connectivity index (χ2n) is 23.0. The molecule has 10 aromatic carbocycles. The molecule has 0 aliphatic heterocycles. The van der Waals surface area contributed by atoms with Crippen LogP contribution in [0.1, 0.15) is 61.1 Å². The Morgan fingerprint density at radius 1 is 0.410 bits per heavy atom. The molecule has 0 N–H and O–H groups in total. The van der Waals surface area contributed by atoms with Crippen molar-refractivity contribution in [1.29, 1.82) is 0 Å². The van der Waals surface area contributed by atoms with Crippen LogP contribution in [0.25, 0.3) is 92.0 Å². The molecule has 4 aromatic heterocycles. The summed E-state index contributed by atoms with van der Waals surface area (Å²) in [6, 6.07) is 67.2. The van der Waals surface area contributed by atoms with Gasteiger partial charge in [0.2, 0.25) is 0 Å². The van der Waals surface area contributed by atoms with Gasteiger partial charge in [-0.15, -0.1) is 11.3 Å². The van der Waals surface area contributed by atoms with Crippen LogP contribution in [-0.4, -0.2) is 4.40 Å². The van der Waals surface area contributed by atoms with Crippen molar-refractivity contribution in [3.8, 4) is 33.4 Å². The number of halogens is 6. The van der Waals surface area contributed by atoms with E-state index in [9.17, 15) is 26.3 Å². The average molecular weight is 1120 g/mol. The molecular weight excluding hydrogens is 1070 g/mol. The topological polar surface area (TPSA) is 24.0 Å². The van der Waals surface area contributed by atoms with Gasteiger partial charge in [-0.05, 0) is 148 Å². The molecule has 0 amide bonds. The molecule has 4 nitrogen and oxygen atoms in total. The fourth-order valence-electron chi connectivity index (χ4n) is 13.9. The van der Waals surface area contributed by atoms with Gasteiger partial charge in [-0.1, -0.05) is 131 Å². The largest absolute Gasteiger partial charge is 0.454 e. The second-order valence-corrected chi connectivity index (χ2v) is 24.1. The van der Waals surface area contributed by atoms with Crippen LogP contribution in [0.15, 0.2) is 217 Å². The Balaban J connectivity index is 0.923. The lowest BCUT2D eigenvalue weighted by Gasteiger charge is -2.29. The fourth-order valence-corrected chi connectivity index (χ4v) is 15.1. The molecule has 16 rings (SSSR count). The number of furan rings is 1. The standard InChI is InChI=1S/C72H47F6N3OS/c1-69(2)54-18-10-8-16-48(54)62-56(69)20-12-22-58(62)79(44-28-24-42(25-29-44)71(73,74)75)46-32-34-50-60(38-46)82-67-52-36-41(40-14-6-5-7-15-40)37-53-64(52)81(65(50)67)66-51-35-33-47(39-61(51)83-68(53)66)80(45-30-26-43(27-31-45)72(76,77)78)59-23-13-21-57-63(59)49-17-9-11-19-55(49)70(57,3)4/h5-39H,1-4H3. The molecule has 0 fully saturated rings. The third-order valence-corrected chi connectivity index (χ3v) is 18.9. The third kappa shape index (κ3) is 7.07. The summed E-state index contributed by atoms with van der Waals surface area (Å²) in [7, 11) is 0. The number of thiophene rings is 1. The molecule has 4 heterocycles. The van der Waals surface area contributed by atoms with Crippen LogP contribution < -0.4 is 9.80 Å². The van der Waals surface area contributed by atoms with E-state index in [0.717, 1.165) is 133 Å². The summed E-state index contributed by atoms with van der Waals surface area (Å²) in [6.45, 7) is 8.85. The van der Waals surface area contributed by atoms with Gasteiger partial charge in [-0.25, -0.2) is 0 Å². The minimum absolute atomic E-state index is 0.317. The Bertz CT molecular complexity index is 4720. The summed E-state index contributed by atoms with van der Waals surface area (Å²) in [6.07, 6.45) is -9.02. The number of hydrogen-bond acceptors (Lipinski definition) is 4. The van der Waals surface area contributed by atoms with Crippen LogP contribution in [-0.2, 0) is 23.2 Å². The molecule has 0 bridgehead atoms. The molecule has 0 unspecified atom stereocenters. The van der Waals surface area contributed by atoms with E-state index in [1.807, 2.05) is 71.6 Å². The first-order chi connectivity index (χ1) is 39.9. The summed E-state index contributed by atoms with van der Waals surface area (Å²) < 4.78 is 96.6. The number of benzene rings is 10. The molecule has 2 aliphatic rings. The van der Waals surface area contributed by atoms with E-state index in [0.29, 0.717) is 28.2 Å². The Hall–Kier alpha value is -9.32. The number of fused-ring (bicyclic) bond motifs is 16. The molecule has 0 saturated heterocycles. The van der Waals surface area contributed by atoms with Crippen LogP contribution in [0.2, 0.25) is 0 Å². The van der Waals surface area contributed by atoms with Crippen LogP contribution in [0, 0.1) is 0 Å². The quantitative estimate of drug-likeness (QED) is 0.149. The third-order valence-electron chi connectivity index (χ3n) is 17.7. The van der Waals surface area contributed by atoms with Gasteiger partial charge in [0.15, 0.2) is 5.58 Å². The monoisotopic (exact) mass is 1120 g/mol. The summed E-state index contributed by atoms with van der Waals surface area (Å²) in [5, 5.41) is 3.87. The number of hydrogen-bond donors (Lipinski definition) is 0. The molecule has 11 heteroatoms. The van der Waals surface area contributed by atoms with Crippen molar-refractivity contribution in [1.82, 2.24) is 4.40 Å². The number of aromatic nitrogens is 1. The summed E-state index contributed by atoms with van der Waals surface area (Å²) in [5.74, 6) is 0. The molecule has 404 valence electrons. The van der Waals surface area contributed by atoms with Gasteiger partial charge in [0, 0.05) is 77.0 Å². The Labute approximate surface area is 476 Å². The van der Waals surface area contributed by atoms with Crippen molar-refractivity contribution in [3.63, 3.8) is 0 Å². The van der Waals surface area contributed by atoms with Crippen molar-refractivity contribution in [3.05, 3.63) is 246 Å². The molecule has 0 atom stereocenters. The Morgan fingerprint density at radius 2 is 0.892 bits per heavy atom. The molecule has 0 saturated carbocycles. The number of anilines is 6. The van der Waals surface area contributed by atoms with Gasteiger partial charge in [0.25, 0.3) is 0 Å². The van der Waals surface area contributed by atoms with Crippen molar-refractivity contribution < 1.29 is 30.8 Å². The number of rotatable bonds is 7. The highest BCUT2D eigenvalue weighted by molar-refractivity contribution is 7.26. The first-order valence-corrected chi connectivity index (χ1v) is 28.4. The maximum absolute atomic E-state index is 14.2. The zero-order valence-corrected chi connectivity index (χ0v) is 45.9. The minimum Gasteiger partial charge on any atom is -0.454 e. The van der Waals surface area contributed by atoms with E-state index in [-0.39, 0.29) is 10.8 Å². The van der Waals surface area contributed by atoms with E-state index in [4.69, 9.17) is 4.42 Å². The molecule has 0 radical (unpaired) electrons. The van der Waals surface area contributed by atoms with Crippen molar-refractivity contribution in [2.75, 3.05) is 9.80 Å². The average Bonchev–Trinajstić information content (AvgIpc) is 3.70. The van der Waals surface area contributed by atoms with E-state index in [1.165, 1.54) is 23.3 Å². The fraction of sp³-hybridized carbons (Fsp3) is 0.111. The van der Waals surface area contributed by atoms with Crippen molar-refractivity contribution >= 4 is 104 Å². The summed E-state index contributed by atoms with van der Waals surface area (Å²) in [4.78, 5) is 4.13. The Kier molecular flexibility index (Phi) is 10.2. The second kappa shape index (κ2) is 17.1. The lowest BCUT2D eigenvalue weighted by atomic mass is 9.82. The van der Waals surface area contributed by atoms with Gasteiger partial charge in [0.05, 0.1) is 38.2 Å². The van der Waals surface area contributed by atoms with Gasteiger partial charge < -0.3 is 18.6 Å². The highest BCUT2D eigenvalue weighted by Gasteiger charge is 2.40. The smallest absolute Gasteiger partial charge is 0.416 e. The first kappa shape index (κ1) is 49.5.